The second-order valence-corrected chi connectivity index (χ2v) is 4.69. The predicted molar refractivity (Wildman–Crippen MR) is 66.1 cm³/mol. The molecule has 1 aromatic carbocycles. The van der Waals surface area contributed by atoms with Crippen molar-refractivity contribution >= 4 is 21.9 Å². The van der Waals surface area contributed by atoms with Crippen LogP contribution in [-0.2, 0) is 11.3 Å². The van der Waals surface area contributed by atoms with E-state index in [-0.39, 0.29) is 0 Å². The van der Waals surface area contributed by atoms with Gasteiger partial charge in [0.25, 0.3) is 0 Å². The van der Waals surface area contributed by atoms with E-state index in [1.54, 1.807) is 0 Å². The number of carbonyl (C=O) groups is 1. The van der Waals surface area contributed by atoms with Crippen molar-refractivity contribution in [3.8, 4) is 0 Å². The second kappa shape index (κ2) is 5.98. The van der Waals surface area contributed by atoms with E-state index in [2.05, 4.69) is 15.9 Å². The Balaban J connectivity index is 2.51. The van der Waals surface area contributed by atoms with Crippen LogP contribution in [0.1, 0.15) is 5.56 Å². The summed E-state index contributed by atoms with van der Waals surface area (Å²) in [4.78, 5) is 12.5. The van der Waals surface area contributed by atoms with Gasteiger partial charge in [-0.2, -0.15) is 0 Å². The van der Waals surface area contributed by atoms with Crippen LogP contribution >= 0.6 is 15.9 Å². The van der Waals surface area contributed by atoms with Crippen molar-refractivity contribution in [1.29, 1.82) is 0 Å². The first-order chi connectivity index (χ1) is 7.49. The van der Waals surface area contributed by atoms with Crippen molar-refractivity contribution in [3.05, 3.63) is 34.3 Å². The summed E-state index contributed by atoms with van der Waals surface area (Å²) in [6, 6.07) is 7.06. The number of carboxylic acids is 1. The maximum Gasteiger partial charge on any atom is 0.321 e. The van der Waals surface area contributed by atoms with Crippen LogP contribution in [-0.4, -0.2) is 35.6 Å². The van der Waals surface area contributed by atoms with Gasteiger partial charge in [-0.1, -0.05) is 28.1 Å². The van der Waals surface area contributed by atoms with E-state index >= 15 is 0 Å². The first-order valence-corrected chi connectivity index (χ1v) is 5.69. The van der Waals surface area contributed by atoms with Crippen LogP contribution in [0.25, 0.3) is 0 Å². The Hall–Kier alpha value is -0.910. The van der Waals surface area contributed by atoms with E-state index in [0.717, 1.165) is 10.0 Å². The average molecular weight is 287 g/mol. The fraction of sp³-hybridized carbons (Fsp3) is 0.364. The molecule has 1 aromatic rings. The van der Waals surface area contributed by atoms with Crippen molar-refractivity contribution in [2.45, 2.75) is 12.6 Å². The minimum atomic E-state index is -0.971. The summed E-state index contributed by atoms with van der Waals surface area (Å²) < 4.78 is 1.01. The highest BCUT2D eigenvalue weighted by atomic mass is 79.9. The number of hydrogen-bond donors (Lipinski definition) is 2. The van der Waals surface area contributed by atoms with Crippen LogP contribution in [0.2, 0.25) is 0 Å². The average Bonchev–Trinajstić information content (AvgIpc) is 2.16. The van der Waals surface area contributed by atoms with Gasteiger partial charge in [0.1, 0.15) is 6.04 Å². The molecule has 1 unspecified atom stereocenters. The van der Waals surface area contributed by atoms with Crippen LogP contribution in [0.3, 0.4) is 0 Å². The maximum absolute atomic E-state index is 10.6. The molecule has 88 valence electrons. The Labute approximate surface area is 103 Å². The number of nitrogens with two attached hydrogens (primary N) is 1. The van der Waals surface area contributed by atoms with Crippen molar-refractivity contribution in [1.82, 2.24) is 4.90 Å². The van der Waals surface area contributed by atoms with Crippen molar-refractivity contribution in [2.75, 3.05) is 13.6 Å². The Kier molecular flexibility index (Phi) is 4.92. The van der Waals surface area contributed by atoms with Crippen molar-refractivity contribution in [3.63, 3.8) is 0 Å². The third-order valence-corrected chi connectivity index (χ3v) is 2.66. The molecule has 0 heterocycles. The molecular weight excluding hydrogens is 272 g/mol. The lowest BCUT2D eigenvalue weighted by Crippen LogP contribution is -2.40. The lowest BCUT2D eigenvalue weighted by Gasteiger charge is -2.18. The van der Waals surface area contributed by atoms with Gasteiger partial charge in [0, 0.05) is 17.6 Å². The SMILES string of the molecule is CN(Cc1cccc(Br)c1)CC(N)C(=O)O. The lowest BCUT2D eigenvalue weighted by molar-refractivity contribution is -0.138. The van der Waals surface area contributed by atoms with Gasteiger partial charge in [0.2, 0.25) is 0 Å². The summed E-state index contributed by atoms with van der Waals surface area (Å²) in [7, 11) is 1.85. The highest BCUT2D eigenvalue weighted by Crippen LogP contribution is 2.12. The minimum Gasteiger partial charge on any atom is -0.480 e. The van der Waals surface area contributed by atoms with Gasteiger partial charge in [-0.05, 0) is 24.7 Å². The topological polar surface area (TPSA) is 66.6 Å². The molecule has 1 atom stereocenters. The van der Waals surface area contributed by atoms with E-state index in [1.165, 1.54) is 0 Å². The molecule has 0 spiro atoms. The molecule has 0 aliphatic carbocycles. The highest BCUT2D eigenvalue weighted by Gasteiger charge is 2.13. The van der Waals surface area contributed by atoms with E-state index in [0.29, 0.717) is 13.1 Å². The minimum absolute atomic E-state index is 0.335. The normalized spacial score (nSPS) is 12.8. The van der Waals surface area contributed by atoms with Crippen LogP contribution in [0.15, 0.2) is 28.7 Å². The summed E-state index contributed by atoms with van der Waals surface area (Å²) in [6.07, 6.45) is 0. The number of aliphatic carboxylic acids is 1. The Bertz CT molecular complexity index is 371. The van der Waals surface area contributed by atoms with Gasteiger partial charge in [-0.25, -0.2) is 0 Å². The number of benzene rings is 1. The van der Waals surface area contributed by atoms with E-state index in [4.69, 9.17) is 10.8 Å². The molecule has 16 heavy (non-hydrogen) atoms. The molecule has 0 fully saturated rings. The Morgan fingerprint density at radius 3 is 2.88 bits per heavy atom. The standard InChI is InChI=1S/C11H15BrN2O2/c1-14(7-10(13)11(15)16)6-8-3-2-4-9(12)5-8/h2-5,10H,6-7,13H2,1H3,(H,15,16). The molecule has 5 heteroatoms. The quantitative estimate of drug-likeness (QED) is 0.856. The number of halogens is 1. The van der Waals surface area contributed by atoms with Crippen LogP contribution in [0, 0.1) is 0 Å². The van der Waals surface area contributed by atoms with Crippen molar-refractivity contribution < 1.29 is 9.90 Å². The predicted octanol–water partition coefficient (Wildman–Crippen LogP) is 1.29. The first kappa shape index (κ1) is 13.2. The Morgan fingerprint density at radius 2 is 2.31 bits per heavy atom. The molecular formula is C11H15BrN2O2. The summed E-state index contributed by atoms with van der Waals surface area (Å²) in [5.41, 5.74) is 6.57. The fourth-order valence-corrected chi connectivity index (χ4v) is 1.87. The molecule has 0 radical (unpaired) electrons. The molecule has 0 saturated heterocycles. The van der Waals surface area contributed by atoms with Gasteiger partial charge >= 0.3 is 5.97 Å². The third kappa shape index (κ3) is 4.30. The van der Waals surface area contributed by atoms with Crippen LogP contribution < -0.4 is 5.73 Å². The summed E-state index contributed by atoms with van der Waals surface area (Å²) in [6.45, 7) is 1.02. The molecule has 1 rings (SSSR count). The van der Waals surface area contributed by atoms with Gasteiger partial charge in [-0.3, -0.25) is 9.69 Å². The molecule has 4 nitrogen and oxygen atoms in total. The largest absolute Gasteiger partial charge is 0.480 e. The number of carboxylic acid groups (broad SMARTS) is 1. The fourth-order valence-electron chi connectivity index (χ4n) is 1.43. The van der Waals surface area contributed by atoms with E-state index in [1.807, 2.05) is 36.2 Å². The molecule has 0 amide bonds. The van der Waals surface area contributed by atoms with Gasteiger partial charge in [-0.15, -0.1) is 0 Å². The summed E-state index contributed by atoms with van der Waals surface area (Å²) in [5, 5.41) is 8.68. The van der Waals surface area contributed by atoms with Crippen LogP contribution in [0.5, 0.6) is 0 Å². The Morgan fingerprint density at radius 1 is 1.62 bits per heavy atom. The summed E-state index contributed by atoms with van der Waals surface area (Å²) in [5.74, 6) is -0.971. The number of hydrogen-bond acceptors (Lipinski definition) is 3. The zero-order chi connectivity index (χ0) is 12.1. The lowest BCUT2D eigenvalue weighted by atomic mass is 10.2. The van der Waals surface area contributed by atoms with Crippen molar-refractivity contribution in [2.24, 2.45) is 5.73 Å². The first-order valence-electron chi connectivity index (χ1n) is 4.90. The molecule has 0 aromatic heterocycles. The van der Waals surface area contributed by atoms with Crippen LogP contribution in [0.4, 0.5) is 0 Å². The highest BCUT2D eigenvalue weighted by molar-refractivity contribution is 9.10. The number of nitrogens with zero attached hydrogens (tertiary/aromatic N) is 1. The zero-order valence-electron chi connectivity index (χ0n) is 9.06. The second-order valence-electron chi connectivity index (χ2n) is 3.77. The smallest absolute Gasteiger partial charge is 0.321 e. The van der Waals surface area contributed by atoms with Gasteiger partial charge in [0.15, 0.2) is 0 Å². The number of rotatable bonds is 5. The maximum atomic E-state index is 10.6. The van der Waals surface area contributed by atoms with Gasteiger partial charge in [0.05, 0.1) is 0 Å². The molecule has 0 saturated carbocycles. The number of likely N-dealkylation sites (N-methyl/N-ethyl adjacent to an activating group) is 1. The van der Waals surface area contributed by atoms with E-state index in [9.17, 15) is 4.79 Å². The monoisotopic (exact) mass is 286 g/mol. The molecule has 0 bridgehead atoms. The zero-order valence-corrected chi connectivity index (χ0v) is 10.6. The molecule has 3 N–H and O–H groups in total. The molecule has 0 aliphatic rings. The summed E-state index contributed by atoms with van der Waals surface area (Å²) >= 11 is 3.39. The molecule has 0 aliphatic heterocycles. The third-order valence-electron chi connectivity index (χ3n) is 2.17. The van der Waals surface area contributed by atoms with Gasteiger partial charge < -0.3 is 10.8 Å². The van der Waals surface area contributed by atoms with E-state index < -0.39 is 12.0 Å².